The number of H-pyrrole nitrogens is 1. The van der Waals surface area contributed by atoms with Gasteiger partial charge in [-0.2, -0.15) is 0 Å². The first kappa shape index (κ1) is 12.7. The fourth-order valence-corrected chi connectivity index (χ4v) is 2.18. The van der Waals surface area contributed by atoms with Crippen molar-refractivity contribution in [1.82, 2.24) is 9.97 Å². The minimum Gasteiger partial charge on any atom is -0.359 e. The van der Waals surface area contributed by atoms with Crippen LogP contribution in [0.4, 0.5) is 5.95 Å². The van der Waals surface area contributed by atoms with Crippen LogP contribution in [0.3, 0.4) is 0 Å². The quantitative estimate of drug-likeness (QED) is 0.866. The monoisotopic (exact) mass is 243 g/mol. The Morgan fingerprint density at radius 1 is 1.17 bits per heavy atom. The summed E-state index contributed by atoms with van der Waals surface area (Å²) < 4.78 is 0. The minimum atomic E-state index is 0.850. The van der Waals surface area contributed by atoms with E-state index in [0.717, 1.165) is 30.2 Å². The Labute approximate surface area is 109 Å². The number of hydrogen-bond donors (Lipinski definition) is 2. The molecule has 2 rings (SSSR count). The standard InChI is InChI=1S/C15H21N3/c1-10-5-6-11(2)13(9-10)7-8-14-12(3)17-15(16-4)18-14/h5-6,9H,7-8H2,1-4H3,(H2,16,17,18). The summed E-state index contributed by atoms with van der Waals surface area (Å²) in [5.41, 5.74) is 6.42. The van der Waals surface area contributed by atoms with Gasteiger partial charge in [-0.3, -0.25) is 0 Å². The molecule has 0 aliphatic heterocycles. The van der Waals surface area contributed by atoms with Gasteiger partial charge in [0.1, 0.15) is 0 Å². The summed E-state index contributed by atoms with van der Waals surface area (Å²) in [5.74, 6) is 0.850. The molecule has 0 spiro atoms. The number of imidazole rings is 1. The van der Waals surface area contributed by atoms with E-state index in [2.05, 4.69) is 54.3 Å². The van der Waals surface area contributed by atoms with Gasteiger partial charge in [0.15, 0.2) is 5.95 Å². The minimum absolute atomic E-state index is 0.850. The van der Waals surface area contributed by atoms with E-state index in [-0.39, 0.29) is 0 Å². The summed E-state index contributed by atoms with van der Waals surface area (Å²) in [4.78, 5) is 7.76. The Balaban J connectivity index is 2.11. The van der Waals surface area contributed by atoms with Gasteiger partial charge in [0.2, 0.25) is 0 Å². The molecule has 1 heterocycles. The summed E-state index contributed by atoms with van der Waals surface area (Å²) in [6.45, 7) is 6.39. The molecule has 1 aromatic carbocycles. The molecule has 0 aliphatic carbocycles. The van der Waals surface area contributed by atoms with Gasteiger partial charge in [0.25, 0.3) is 0 Å². The van der Waals surface area contributed by atoms with Crippen molar-refractivity contribution in [2.24, 2.45) is 0 Å². The molecule has 0 bridgehead atoms. The van der Waals surface area contributed by atoms with E-state index in [1.807, 2.05) is 7.05 Å². The van der Waals surface area contributed by atoms with E-state index in [1.54, 1.807) is 0 Å². The molecule has 0 aliphatic rings. The topological polar surface area (TPSA) is 40.7 Å². The van der Waals surface area contributed by atoms with E-state index in [0.29, 0.717) is 0 Å². The van der Waals surface area contributed by atoms with E-state index >= 15 is 0 Å². The van der Waals surface area contributed by atoms with Gasteiger partial charge in [0.05, 0.1) is 5.69 Å². The molecule has 18 heavy (non-hydrogen) atoms. The molecule has 1 aromatic heterocycles. The average molecular weight is 243 g/mol. The number of aromatic amines is 1. The Hall–Kier alpha value is -1.77. The summed E-state index contributed by atoms with van der Waals surface area (Å²) in [6.07, 6.45) is 2.02. The Kier molecular flexibility index (Phi) is 3.70. The van der Waals surface area contributed by atoms with Crippen molar-refractivity contribution in [2.75, 3.05) is 12.4 Å². The number of benzene rings is 1. The van der Waals surface area contributed by atoms with Crippen molar-refractivity contribution in [1.29, 1.82) is 0 Å². The summed E-state index contributed by atoms with van der Waals surface area (Å²) in [5, 5.41) is 3.04. The number of rotatable bonds is 4. The van der Waals surface area contributed by atoms with E-state index in [9.17, 15) is 0 Å². The number of hydrogen-bond acceptors (Lipinski definition) is 2. The Bertz CT molecular complexity index is 541. The largest absolute Gasteiger partial charge is 0.359 e. The number of nitrogens with one attached hydrogen (secondary N) is 2. The van der Waals surface area contributed by atoms with Gasteiger partial charge in [-0.05, 0) is 44.7 Å². The summed E-state index contributed by atoms with van der Waals surface area (Å²) in [7, 11) is 1.88. The van der Waals surface area contributed by atoms with Crippen molar-refractivity contribution in [2.45, 2.75) is 33.6 Å². The molecule has 0 saturated heterocycles. The second-order valence-corrected chi connectivity index (χ2v) is 4.84. The van der Waals surface area contributed by atoms with Crippen molar-refractivity contribution in [3.63, 3.8) is 0 Å². The predicted octanol–water partition coefficient (Wildman–Crippen LogP) is 3.16. The predicted molar refractivity (Wildman–Crippen MR) is 76.2 cm³/mol. The highest BCUT2D eigenvalue weighted by Crippen LogP contribution is 2.15. The van der Waals surface area contributed by atoms with E-state index in [4.69, 9.17) is 0 Å². The first-order valence-corrected chi connectivity index (χ1v) is 6.39. The van der Waals surface area contributed by atoms with Crippen LogP contribution in [0.1, 0.15) is 28.1 Å². The Morgan fingerprint density at radius 3 is 2.61 bits per heavy atom. The number of anilines is 1. The van der Waals surface area contributed by atoms with Crippen LogP contribution in [0, 0.1) is 20.8 Å². The molecule has 0 unspecified atom stereocenters. The van der Waals surface area contributed by atoms with Crippen LogP contribution < -0.4 is 5.32 Å². The third-order valence-corrected chi connectivity index (χ3v) is 3.36. The molecule has 0 atom stereocenters. The third kappa shape index (κ3) is 2.73. The molecule has 2 N–H and O–H groups in total. The van der Waals surface area contributed by atoms with Gasteiger partial charge < -0.3 is 10.3 Å². The molecule has 3 nitrogen and oxygen atoms in total. The fraction of sp³-hybridized carbons (Fsp3) is 0.400. The zero-order valence-corrected chi connectivity index (χ0v) is 11.6. The molecule has 0 amide bonds. The lowest BCUT2D eigenvalue weighted by atomic mass is 10.0. The van der Waals surface area contributed by atoms with Gasteiger partial charge in [0, 0.05) is 12.7 Å². The molecule has 0 saturated carbocycles. The van der Waals surface area contributed by atoms with Crippen LogP contribution >= 0.6 is 0 Å². The highest BCUT2D eigenvalue weighted by molar-refractivity contribution is 5.33. The SMILES string of the molecule is CNc1nc(CCc2cc(C)ccc2C)c(C)[nH]1. The van der Waals surface area contributed by atoms with Gasteiger partial charge in [-0.25, -0.2) is 4.98 Å². The molecule has 96 valence electrons. The third-order valence-electron chi connectivity index (χ3n) is 3.36. The van der Waals surface area contributed by atoms with E-state index in [1.165, 1.54) is 16.7 Å². The van der Waals surface area contributed by atoms with Gasteiger partial charge in [-0.1, -0.05) is 23.8 Å². The van der Waals surface area contributed by atoms with Crippen LogP contribution in [0.5, 0.6) is 0 Å². The average Bonchev–Trinajstić information content (AvgIpc) is 2.71. The molecule has 0 radical (unpaired) electrons. The maximum absolute atomic E-state index is 4.53. The summed E-state index contributed by atoms with van der Waals surface area (Å²) >= 11 is 0. The lowest BCUT2D eigenvalue weighted by Crippen LogP contribution is -1.97. The first-order chi connectivity index (χ1) is 8.60. The van der Waals surface area contributed by atoms with Gasteiger partial charge in [-0.15, -0.1) is 0 Å². The lowest BCUT2D eigenvalue weighted by Gasteiger charge is -2.06. The second-order valence-electron chi connectivity index (χ2n) is 4.84. The van der Waals surface area contributed by atoms with Crippen LogP contribution in [-0.2, 0) is 12.8 Å². The molecule has 3 heteroatoms. The maximum Gasteiger partial charge on any atom is 0.200 e. The van der Waals surface area contributed by atoms with Crippen molar-refractivity contribution in [3.8, 4) is 0 Å². The van der Waals surface area contributed by atoms with Crippen LogP contribution in [0.25, 0.3) is 0 Å². The maximum atomic E-state index is 4.53. The van der Waals surface area contributed by atoms with Crippen molar-refractivity contribution < 1.29 is 0 Å². The fourth-order valence-electron chi connectivity index (χ4n) is 2.18. The lowest BCUT2D eigenvalue weighted by molar-refractivity contribution is 0.905. The van der Waals surface area contributed by atoms with Crippen LogP contribution in [0.2, 0.25) is 0 Å². The van der Waals surface area contributed by atoms with Gasteiger partial charge >= 0.3 is 0 Å². The zero-order valence-electron chi connectivity index (χ0n) is 11.6. The number of aryl methyl sites for hydroxylation is 5. The number of aromatic nitrogens is 2. The van der Waals surface area contributed by atoms with Crippen LogP contribution in [0.15, 0.2) is 18.2 Å². The summed E-state index contributed by atoms with van der Waals surface area (Å²) in [6, 6.07) is 6.63. The molecular weight excluding hydrogens is 222 g/mol. The first-order valence-electron chi connectivity index (χ1n) is 6.39. The van der Waals surface area contributed by atoms with Crippen molar-refractivity contribution >= 4 is 5.95 Å². The molecular formula is C15H21N3. The van der Waals surface area contributed by atoms with Crippen LogP contribution in [-0.4, -0.2) is 17.0 Å². The molecule has 0 fully saturated rings. The highest BCUT2D eigenvalue weighted by Gasteiger charge is 2.07. The normalized spacial score (nSPS) is 10.7. The zero-order chi connectivity index (χ0) is 13.1. The van der Waals surface area contributed by atoms with Crippen molar-refractivity contribution in [3.05, 3.63) is 46.3 Å². The van der Waals surface area contributed by atoms with E-state index < -0.39 is 0 Å². The Morgan fingerprint density at radius 2 is 1.94 bits per heavy atom. The molecule has 2 aromatic rings. The second kappa shape index (κ2) is 5.25. The smallest absolute Gasteiger partial charge is 0.200 e. The highest BCUT2D eigenvalue weighted by atomic mass is 15.1. The number of nitrogens with zero attached hydrogens (tertiary/aromatic N) is 1.